The van der Waals surface area contributed by atoms with Crippen LogP contribution in [0.1, 0.15) is 27.7 Å². The van der Waals surface area contributed by atoms with Gasteiger partial charge in [-0.2, -0.15) is 0 Å². The fraction of sp³-hybridized carbons (Fsp3) is 0.857. The fourth-order valence-electron chi connectivity index (χ4n) is 0.472. The third-order valence-corrected chi connectivity index (χ3v) is 1.75. The second-order valence-electron chi connectivity index (χ2n) is 3.25. The molecule has 0 amide bonds. The summed E-state index contributed by atoms with van der Waals surface area (Å²) in [6, 6.07) is 0. The van der Waals surface area contributed by atoms with E-state index >= 15 is 0 Å². The topological polar surface area (TPSA) is 3.24 Å². The molecule has 0 aliphatic rings. The molecular weight excluding hydrogens is 130 g/mol. The van der Waals surface area contributed by atoms with Crippen LogP contribution in [0.3, 0.4) is 0 Å². The van der Waals surface area contributed by atoms with E-state index in [4.69, 9.17) is 12.2 Å². The van der Waals surface area contributed by atoms with Gasteiger partial charge in [-0.25, -0.2) is 0 Å². The second kappa shape index (κ2) is 2.65. The lowest BCUT2D eigenvalue weighted by atomic mass is 10.1. The maximum absolute atomic E-state index is 4.99. The molecule has 2 heteroatoms. The van der Waals surface area contributed by atoms with Crippen LogP contribution >= 0.6 is 12.2 Å². The predicted molar refractivity (Wildman–Crippen MR) is 45.8 cm³/mol. The fourth-order valence-corrected chi connectivity index (χ4v) is 0.746. The van der Waals surface area contributed by atoms with Gasteiger partial charge in [0.25, 0.3) is 0 Å². The minimum atomic E-state index is 0.172. The Hall–Kier alpha value is -0.110. The predicted octanol–water partition coefficient (Wildman–Crippen LogP) is 2.06. The van der Waals surface area contributed by atoms with Crippen molar-refractivity contribution in [3.8, 4) is 0 Å². The zero-order valence-electron chi connectivity index (χ0n) is 6.86. The van der Waals surface area contributed by atoms with Gasteiger partial charge in [0.15, 0.2) is 0 Å². The van der Waals surface area contributed by atoms with Gasteiger partial charge in [0, 0.05) is 12.6 Å². The molecule has 0 radical (unpaired) electrons. The highest BCUT2D eigenvalue weighted by Gasteiger charge is 2.16. The molecule has 1 nitrogen and oxygen atoms in total. The number of hydrogen-bond donors (Lipinski definition) is 0. The summed E-state index contributed by atoms with van der Waals surface area (Å²) < 4.78 is 0. The van der Waals surface area contributed by atoms with Gasteiger partial charge >= 0.3 is 0 Å². The van der Waals surface area contributed by atoms with Gasteiger partial charge in [-0.15, -0.1) is 0 Å². The van der Waals surface area contributed by atoms with Crippen LogP contribution in [0, 0.1) is 0 Å². The van der Waals surface area contributed by atoms with Crippen LogP contribution in [0.4, 0.5) is 0 Å². The van der Waals surface area contributed by atoms with Gasteiger partial charge in [0.2, 0.25) is 0 Å². The standard InChI is InChI=1S/C7H15NS/c1-6(9)8(5)7(2,3)4/h1-5H3. The number of rotatable bonds is 0. The average Bonchev–Trinajstić information content (AvgIpc) is 1.62. The van der Waals surface area contributed by atoms with Gasteiger partial charge in [-0.3, -0.25) is 0 Å². The Balaban J connectivity index is 4.04. The van der Waals surface area contributed by atoms with E-state index in [1.807, 2.05) is 14.0 Å². The number of hydrogen-bond acceptors (Lipinski definition) is 1. The molecule has 0 atom stereocenters. The highest BCUT2D eigenvalue weighted by atomic mass is 32.1. The van der Waals surface area contributed by atoms with E-state index in [1.165, 1.54) is 0 Å². The average molecular weight is 145 g/mol. The zero-order valence-corrected chi connectivity index (χ0v) is 7.67. The molecule has 0 heterocycles. The molecule has 0 bridgehead atoms. The molecule has 0 fully saturated rings. The summed E-state index contributed by atoms with van der Waals surface area (Å²) in [4.78, 5) is 3.03. The van der Waals surface area contributed by atoms with Crippen molar-refractivity contribution in [3.63, 3.8) is 0 Å². The summed E-state index contributed by atoms with van der Waals surface area (Å²) in [6.07, 6.45) is 0. The first-order valence-electron chi connectivity index (χ1n) is 3.10. The monoisotopic (exact) mass is 145 g/mol. The van der Waals surface area contributed by atoms with Crippen molar-refractivity contribution >= 4 is 17.2 Å². The van der Waals surface area contributed by atoms with Crippen LogP contribution in [0.2, 0.25) is 0 Å². The summed E-state index contributed by atoms with van der Waals surface area (Å²) in [7, 11) is 2.02. The summed E-state index contributed by atoms with van der Waals surface area (Å²) in [5.74, 6) is 0. The van der Waals surface area contributed by atoms with Gasteiger partial charge in [0.1, 0.15) is 0 Å². The molecule has 0 aromatic heterocycles. The van der Waals surface area contributed by atoms with Crippen LogP contribution in [0.15, 0.2) is 0 Å². The van der Waals surface area contributed by atoms with Crippen LogP contribution in [0.25, 0.3) is 0 Å². The number of thiocarbonyl (C=S) groups is 1. The van der Waals surface area contributed by atoms with Gasteiger partial charge < -0.3 is 4.90 Å². The molecular formula is C7H15NS. The van der Waals surface area contributed by atoms with E-state index in [9.17, 15) is 0 Å². The SMILES string of the molecule is CC(=S)N(C)C(C)(C)C. The van der Waals surface area contributed by atoms with Crippen molar-refractivity contribution in [2.75, 3.05) is 7.05 Å². The first kappa shape index (κ1) is 8.89. The van der Waals surface area contributed by atoms with Crippen molar-refractivity contribution < 1.29 is 0 Å². The highest BCUT2D eigenvalue weighted by Crippen LogP contribution is 2.10. The van der Waals surface area contributed by atoms with E-state index in [0.717, 1.165) is 4.99 Å². The van der Waals surface area contributed by atoms with Crippen molar-refractivity contribution in [3.05, 3.63) is 0 Å². The Morgan fingerprint density at radius 1 is 1.33 bits per heavy atom. The van der Waals surface area contributed by atoms with Gasteiger partial charge in [0.05, 0.1) is 4.99 Å². The summed E-state index contributed by atoms with van der Waals surface area (Å²) >= 11 is 4.99. The lowest BCUT2D eigenvalue weighted by Gasteiger charge is -2.32. The number of nitrogens with zero attached hydrogens (tertiary/aromatic N) is 1. The summed E-state index contributed by atoms with van der Waals surface area (Å²) in [5, 5.41) is 0. The van der Waals surface area contributed by atoms with E-state index in [0.29, 0.717) is 0 Å². The Morgan fingerprint density at radius 3 is 1.67 bits per heavy atom. The molecule has 0 aliphatic heterocycles. The van der Waals surface area contributed by atoms with Gasteiger partial charge in [-0.05, 0) is 27.7 Å². The third kappa shape index (κ3) is 2.80. The molecule has 0 saturated heterocycles. The Kier molecular flexibility index (Phi) is 2.62. The lowest BCUT2D eigenvalue weighted by molar-refractivity contribution is 0.285. The van der Waals surface area contributed by atoms with Crippen LogP contribution in [-0.4, -0.2) is 22.5 Å². The van der Waals surface area contributed by atoms with Gasteiger partial charge in [-0.1, -0.05) is 12.2 Å². The first-order valence-corrected chi connectivity index (χ1v) is 3.51. The van der Waals surface area contributed by atoms with Crippen LogP contribution in [0.5, 0.6) is 0 Å². The minimum Gasteiger partial charge on any atom is -0.365 e. The Morgan fingerprint density at radius 2 is 1.67 bits per heavy atom. The van der Waals surface area contributed by atoms with Crippen molar-refractivity contribution in [2.45, 2.75) is 33.2 Å². The maximum atomic E-state index is 4.99. The van der Waals surface area contributed by atoms with Crippen molar-refractivity contribution in [1.29, 1.82) is 0 Å². The Labute approximate surface area is 63.0 Å². The zero-order chi connectivity index (χ0) is 7.65. The first-order chi connectivity index (χ1) is 3.85. The minimum absolute atomic E-state index is 0.172. The molecule has 0 aromatic carbocycles. The Bertz CT molecular complexity index is 113. The quantitative estimate of drug-likeness (QED) is 0.480. The van der Waals surface area contributed by atoms with Crippen molar-refractivity contribution in [1.82, 2.24) is 4.90 Å². The summed E-state index contributed by atoms with van der Waals surface area (Å²) in [6.45, 7) is 8.37. The lowest BCUT2D eigenvalue weighted by Crippen LogP contribution is -2.40. The molecule has 0 saturated carbocycles. The van der Waals surface area contributed by atoms with E-state index in [2.05, 4.69) is 25.7 Å². The van der Waals surface area contributed by atoms with Crippen molar-refractivity contribution in [2.24, 2.45) is 0 Å². The largest absolute Gasteiger partial charge is 0.365 e. The van der Waals surface area contributed by atoms with Crippen LogP contribution in [-0.2, 0) is 0 Å². The molecule has 9 heavy (non-hydrogen) atoms. The molecule has 0 aliphatic carbocycles. The molecule has 54 valence electrons. The molecule has 0 aromatic rings. The van der Waals surface area contributed by atoms with E-state index in [1.54, 1.807) is 0 Å². The second-order valence-corrected chi connectivity index (χ2v) is 3.84. The smallest absolute Gasteiger partial charge is 0.0749 e. The summed E-state index contributed by atoms with van der Waals surface area (Å²) in [5.41, 5.74) is 0.172. The molecule has 0 unspecified atom stereocenters. The van der Waals surface area contributed by atoms with E-state index in [-0.39, 0.29) is 5.54 Å². The van der Waals surface area contributed by atoms with Crippen LogP contribution < -0.4 is 0 Å². The highest BCUT2D eigenvalue weighted by molar-refractivity contribution is 7.80. The maximum Gasteiger partial charge on any atom is 0.0749 e. The molecule has 0 rings (SSSR count). The molecule has 0 spiro atoms. The third-order valence-electron chi connectivity index (χ3n) is 1.48. The molecule has 0 N–H and O–H groups in total. The normalized spacial score (nSPS) is 11.2. The van der Waals surface area contributed by atoms with E-state index < -0.39 is 0 Å².